The van der Waals surface area contributed by atoms with Crippen LogP contribution in [0.2, 0.25) is 0 Å². The molecule has 0 saturated carbocycles. The summed E-state index contributed by atoms with van der Waals surface area (Å²) in [5.41, 5.74) is 0. The highest BCUT2D eigenvalue weighted by Crippen LogP contribution is 2.08. The molecular formula is C4H7IN. The summed E-state index contributed by atoms with van der Waals surface area (Å²) in [7, 11) is 0. The van der Waals surface area contributed by atoms with Gasteiger partial charge in [-0.15, -0.1) is 0 Å². The maximum absolute atomic E-state index is 4.16. The van der Waals surface area contributed by atoms with Crippen LogP contribution in [-0.2, 0) is 0 Å². The van der Waals surface area contributed by atoms with Gasteiger partial charge in [0.25, 0.3) is 0 Å². The highest BCUT2D eigenvalue weighted by Gasteiger charge is 2.09. The fourth-order valence-electron chi connectivity index (χ4n) is 0.554. The van der Waals surface area contributed by atoms with Gasteiger partial charge in [0.05, 0.1) is 0 Å². The first-order valence-electron chi connectivity index (χ1n) is 2.17. The Kier molecular flexibility index (Phi) is 1.71. The molecule has 1 aliphatic rings. The first-order valence-corrected chi connectivity index (χ1v) is 3.41. The quantitative estimate of drug-likeness (QED) is 0.402. The lowest BCUT2D eigenvalue weighted by atomic mass is 10.4. The summed E-state index contributed by atoms with van der Waals surface area (Å²) < 4.78 is 0.850. The van der Waals surface area contributed by atoms with Crippen molar-refractivity contribution >= 4 is 22.6 Å². The van der Waals surface area contributed by atoms with Crippen LogP contribution in [-0.4, -0.2) is 17.0 Å². The van der Waals surface area contributed by atoms with Gasteiger partial charge in [-0.2, -0.15) is 0 Å². The smallest absolute Gasteiger partial charge is 0.0264 e. The number of alkyl halides is 1. The van der Waals surface area contributed by atoms with E-state index in [9.17, 15) is 0 Å². The summed E-state index contributed by atoms with van der Waals surface area (Å²) in [6, 6.07) is 0. The molecule has 0 amide bonds. The van der Waals surface area contributed by atoms with Gasteiger partial charge in [-0.1, -0.05) is 22.6 Å². The molecule has 1 nitrogen and oxygen atoms in total. The lowest BCUT2D eigenvalue weighted by Gasteiger charge is -1.87. The molecule has 0 aromatic rings. The Balaban J connectivity index is 2.18. The molecule has 6 heavy (non-hydrogen) atoms. The number of halogens is 1. The molecule has 0 aromatic heterocycles. The van der Waals surface area contributed by atoms with Gasteiger partial charge in [-0.3, -0.25) is 0 Å². The van der Waals surface area contributed by atoms with Crippen molar-refractivity contribution < 1.29 is 0 Å². The van der Waals surface area contributed by atoms with Crippen molar-refractivity contribution in [1.29, 1.82) is 0 Å². The van der Waals surface area contributed by atoms with Crippen LogP contribution >= 0.6 is 22.6 Å². The predicted octanol–water partition coefficient (Wildman–Crippen LogP) is 0.798. The number of rotatable bonds is 0. The zero-order valence-corrected chi connectivity index (χ0v) is 5.68. The average molecular weight is 196 g/mol. The Morgan fingerprint density at radius 2 is 2.50 bits per heavy atom. The third-order valence-corrected chi connectivity index (χ3v) is 1.94. The Labute approximate surface area is 51.6 Å². The van der Waals surface area contributed by atoms with Crippen molar-refractivity contribution in [2.75, 3.05) is 13.1 Å². The fourth-order valence-corrected chi connectivity index (χ4v) is 1.11. The van der Waals surface area contributed by atoms with Gasteiger partial charge in [0.2, 0.25) is 0 Å². The van der Waals surface area contributed by atoms with Crippen LogP contribution in [0.3, 0.4) is 0 Å². The van der Waals surface area contributed by atoms with Gasteiger partial charge < -0.3 is 0 Å². The van der Waals surface area contributed by atoms with E-state index in [0.717, 1.165) is 17.0 Å². The van der Waals surface area contributed by atoms with Crippen molar-refractivity contribution in [3.8, 4) is 0 Å². The van der Waals surface area contributed by atoms with Crippen LogP contribution in [0, 0.1) is 0 Å². The second-order valence-electron chi connectivity index (χ2n) is 1.52. The summed E-state index contributed by atoms with van der Waals surface area (Å²) in [5.74, 6) is 0. The number of hydrogen-bond acceptors (Lipinski definition) is 0. The van der Waals surface area contributed by atoms with Crippen LogP contribution in [0.1, 0.15) is 6.42 Å². The molecule has 1 unspecified atom stereocenters. The average Bonchev–Trinajstić information content (AvgIpc) is 1.86. The molecule has 0 spiro atoms. The van der Waals surface area contributed by atoms with E-state index in [-0.39, 0.29) is 0 Å². The van der Waals surface area contributed by atoms with Crippen LogP contribution in [0.4, 0.5) is 0 Å². The van der Waals surface area contributed by atoms with E-state index in [0.29, 0.717) is 0 Å². The van der Waals surface area contributed by atoms with Crippen LogP contribution in [0.25, 0.3) is 0 Å². The molecule has 1 radical (unpaired) electrons. The van der Waals surface area contributed by atoms with Crippen LogP contribution in [0.15, 0.2) is 0 Å². The largest absolute Gasteiger partial charge is 0.241 e. The van der Waals surface area contributed by atoms with E-state index in [1.807, 2.05) is 0 Å². The molecule has 35 valence electrons. The standard InChI is InChI=1S/C4H7IN/c5-4-1-2-6-3-4/h4H,1-3H2. The molecule has 0 N–H and O–H groups in total. The normalized spacial score (nSPS) is 34.5. The van der Waals surface area contributed by atoms with Crippen molar-refractivity contribution in [1.82, 2.24) is 5.32 Å². The Morgan fingerprint density at radius 3 is 2.67 bits per heavy atom. The Bertz CT molecular complexity index is 40.8. The van der Waals surface area contributed by atoms with Gasteiger partial charge in [0, 0.05) is 17.0 Å². The topological polar surface area (TPSA) is 14.1 Å². The highest BCUT2D eigenvalue weighted by molar-refractivity contribution is 14.1. The first kappa shape index (κ1) is 4.84. The van der Waals surface area contributed by atoms with Gasteiger partial charge >= 0.3 is 0 Å². The summed E-state index contributed by atoms with van der Waals surface area (Å²) in [5, 5.41) is 4.16. The molecule has 1 rings (SSSR count). The number of hydrogen-bond donors (Lipinski definition) is 0. The zero-order chi connectivity index (χ0) is 4.41. The minimum atomic E-state index is 0.850. The van der Waals surface area contributed by atoms with Gasteiger partial charge in [0.15, 0.2) is 0 Å². The summed E-state index contributed by atoms with van der Waals surface area (Å²) >= 11 is 2.44. The van der Waals surface area contributed by atoms with E-state index >= 15 is 0 Å². The van der Waals surface area contributed by atoms with Crippen molar-refractivity contribution in [2.24, 2.45) is 0 Å². The van der Waals surface area contributed by atoms with Crippen molar-refractivity contribution in [2.45, 2.75) is 10.3 Å². The Hall–Kier alpha value is 0.690. The molecule has 1 atom stereocenters. The molecule has 1 saturated heterocycles. The SMILES string of the molecule is IC1CC[N]C1. The summed E-state index contributed by atoms with van der Waals surface area (Å²) in [6.45, 7) is 2.20. The molecular weight excluding hydrogens is 189 g/mol. The van der Waals surface area contributed by atoms with E-state index in [1.165, 1.54) is 6.42 Å². The summed E-state index contributed by atoms with van der Waals surface area (Å²) in [6.07, 6.45) is 1.31. The minimum absolute atomic E-state index is 0.850. The maximum Gasteiger partial charge on any atom is 0.0264 e. The molecule has 0 aliphatic carbocycles. The highest BCUT2D eigenvalue weighted by atomic mass is 127. The summed E-state index contributed by atoms with van der Waals surface area (Å²) in [4.78, 5) is 0. The third kappa shape index (κ3) is 1.08. The molecule has 2 heteroatoms. The lowest BCUT2D eigenvalue weighted by Crippen LogP contribution is -1.98. The molecule has 1 heterocycles. The predicted molar refractivity (Wildman–Crippen MR) is 34.3 cm³/mol. The first-order chi connectivity index (χ1) is 2.89. The van der Waals surface area contributed by atoms with Crippen molar-refractivity contribution in [3.63, 3.8) is 0 Å². The monoisotopic (exact) mass is 196 g/mol. The lowest BCUT2D eigenvalue weighted by molar-refractivity contribution is 0.840. The molecule has 1 fully saturated rings. The van der Waals surface area contributed by atoms with E-state index < -0.39 is 0 Å². The molecule has 0 aromatic carbocycles. The second kappa shape index (κ2) is 2.12. The Morgan fingerprint density at radius 1 is 1.67 bits per heavy atom. The third-order valence-electron chi connectivity index (χ3n) is 0.928. The van der Waals surface area contributed by atoms with E-state index in [4.69, 9.17) is 0 Å². The van der Waals surface area contributed by atoms with Gasteiger partial charge in [-0.05, 0) is 6.42 Å². The molecule has 0 bridgehead atoms. The maximum atomic E-state index is 4.16. The van der Waals surface area contributed by atoms with Gasteiger partial charge in [-0.25, -0.2) is 5.32 Å². The number of nitrogens with zero attached hydrogens (tertiary/aromatic N) is 1. The second-order valence-corrected chi connectivity index (χ2v) is 3.28. The fraction of sp³-hybridized carbons (Fsp3) is 1.00. The van der Waals surface area contributed by atoms with E-state index in [1.54, 1.807) is 0 Å². The molecule has 1 aliphatic heterocycles. The van der Waals surface area contributed by atoms with E-state index in [2.05, 4.69) is 27.9 Å². The van der Waals surface area contributed by atoms with Gasteiger partial charge in [0.1, 0.15) is 0 Å². The zero-order valence-electron chi connectivity index (χ0n) is 3.52. The van der Waals surface area contributed by atoms with Crippen molar-refractivity contribution in [3.05, 3.63) is 0 Å². The minimum Gasteiger partial charge on any atom is -0.241 e. The van der Waals surface area contributed by atoms with Crippen LogP contribution in [0.5, 0.6) is 0 Å². The van der Waals surface area contributed by atoms with Crippen LogP contribution < -0.4 is 5.32 Å².